The highest BCUT2D eigenvalue weighted by Gasteiger charge is 2.47. The van der Waals surface area contributed by atoms with Crippen molar-refractivity contribution in [2.75, 3.05) is 9.80 Å². The zero-order chi connectivity index (χ0) is 41.7. The van der Waals surface area contributed by atoms with Crippen molar-refractivity contribution in [1.82, 2.24) is 0 Å². The highest BCUT2D eigenvalue weighted by atomic mass is 28.3. The molecule has 0 spiro atoms. The van der Waals surface area contributed by atoms with Crippen LogP contribution in [0.4, 0.5) is 34.1 Å². The third-order valence-electron chi connectivity index (χ3n) is 13.0. The molecule has 0 N–H and O–H groups in total. The Morgan fingerprint density at radius 1 is 0.414 bits per heavy atom. The summed E-state index contributed by atoms with van der Waals surface area (Å²) in [6.45, 7) is 33.1. The summed E-state index contributed by atoms with van der Waals surface area (Å²) in [6, 6.07) is 49.8. The Morgan fingerprint density at radius 2 is 0.810 bits per heavy atom. The summed E-state index contributed by atoms with van der Waals surface area (Å²) in [4.78, 5) is 5.22. The van der Waals surface area contributed by atoms with Crippen molar-refractivity contribution in [3.63, 3.8) is 0 Å². The molecule has 0 aromatic heterocycles. The third kappa shape index (κ3) is 6.76. The number of benzene rings is 6. The van der Waals surface area contributed by atoms with Crippen LogP contribution >= 0.6 is 0 Å². The molecule has 8 rings (SSSR count). The molecule has 6 aromatic rings. The van der Waals surface area contributed by atoms with E-state index in [4.69, 9.17) is 0 Å². The molecular weight excluding hydrogens is 716 g/mol. The van der Waals surface area contributed by atoms with Crippen LogP contribution in [0.25, 0.3) is 0 Å². The highest BCUT2D eigenvalue weighted by Crippen LogP contribution is 2.45. The van der Waals surface area contributed by atoms with Crippen molar-refractivity contribution in [3.8, 4) is 0 Å². The van der Waals surface area contributed by atoms with E-state index in [2.05, 4.69) is 233 Å². The van der Waals surface area contributed by atoms with Gasteiger partial charge in [0, 0.05) is 34.1 Å². The number of hydrogen-bond acceptors (Lipinski definition) is 2. The Hall–Kier alpha value is -4.80. The van der Waals surface area contributed by atoms with Gasteiger partial charge in [-0.15, -0.1) is 0 Å². The van der Waals surface area contributed by atoms with Gasteiger partial charge in [-0.05, 0) is 108 Å². The van der Waals surface area contributed by atoms with Crippen molar-refractivity contribution in [3.05, 3.63) is 150 Å². The van der Waals surface area contributed by atoms with E-state index in [9.17, 15) is 0 Å². The van der Waals surface area contributed by atoms with Gasteiger partial charge in [-0.3, -0.25) is 0 Å². The second kappa shape index (κ2) is 13.6. The Morgan fingerprint density at radius 3 is 1.26 bits per heavy atom. The van der Waals surface area contributed by atoms with Gasteiger partial charge in [-0.2, -0.15) is 0 Å². The molecule has 0 saturated heterocycles. The fourth-order valence-corrected chi connectivity index (χ4v) is 11.9. The van der Waals surface area contributed by atoms with E-state index < -0.39 is 8.07 Å². The second-order valence-corrected chi connectivity index (χ2v) is 26.0. The molecule has 0 unspecified atom stereocenters. The summed E-state index contributed by atoms with van der Waals surface area (Å²) < 4.78 is 0. The molecule has 0 aliphatic carbocycles. The maximum atomic E-state index is 2.65. The maximum Gasteiger partial charge on any atom is 0.252 e. The number of hydrogen-bond donors (Lipinski definition) is 0. The molecule has 58 heavy (non-hydrogen) atoms. The van der Waals surface area contributed by atoms with Crippen LogP contribution in [0.5, 0.6) is 0 Å². The second-order valence-electron chi connectivity index (χ2n) is 21.6. The summed E-state index contributed by atoms with van der Waals surface area (Å²) in [5, 5.41) is 2.91. The molecule has 0 radical (unpaired) electrons. The molecule has 0 saturated carbocycles. The first-order chi connectivity index (χ1) is 27.1. The SMILES string of the molecule is CC(C)(C)c1ccc(N2c3ccc(C(C)(C)C)cc3B3c4cc(C(C)(C)C)ccc4N(c4ccc(C(C)(C)C)cc4)c4c([Si](C)(C)c5ccccc5)ccc2c43)cc1. The molecule has 4 heteroatoms. The summed E-state index contributed by atoms with van der Waals surface area (Å²) >= 11 is 0. The summed E-state index contributed by atoms with van der Waals surface area (Å²) in [5.74, 6) is 0. The monoisotopic (exact) mass is 778 g/mol. The van der Waals surface area contributed by atoms with Crippen LogP contribution in [-0.2, 0) is 21.7 Å². The number of fused-ring (bicyclic) bond motifs is 4. The minimum absolute atomic E-state index is 0.00697. The lowest BCUT2D eigenvalue weighted by Crippen LogP contribution is -2.65. The van der Waals surface area contributed by atoms with Crippen LogP contribution in [-0.4, -0.2) is 14.8 Å². The van der Waals surface area contributed by atoms with Gasteiger partial charge in [0.1, 0.15) is 8.07 Å². The molecule has 2 aliphatic rings. The average Bonchev–Trinajstić information content (AvgIpc) is 3.16. The number of anilines is 6. The Balaban J connectivity index is 1.53. The molecule has 0 atom stereocenters. The lowest BCUT2D eigenvalue weighted by molar-refractivity contribution is 0.590. The van der Waals surface area contributed by atoms with Crippen LogP contribution < -0.4 is 36.6 Å². The van der Waals surface area contributed by atoms with Crippen molar-refractivity contribution in [1.29, 1.82) is 0 Å². The van der Waals surface area contributed by atoms with Gasteiger partial charge < -0.3 is 9.80 Å². The Bertz CT molecular complexity index is 2480. The molecule has 0 fully saturated rings. The van der Waals surface area contributed by atoms with Crippen LogP contribution in [0, 0.1) is 0 Å². The summed E-state index contributed by atoms with van der Waals surface area (Å²) in [7, 11) is -2.28. The van der Waals surface area contributed by atoms with Crippen LogP contribution in [0.1, 0.15) is 105 Å². The fraction of sp³-hybridized carbons (Fsp3) is 0.333. The van der Waals surface area contributed by atoms with Crippen molar-refractivity contribution in [2.24, 2.45) is 0 Å². The molecule has 2 aliphatic heterocycles. The predicted molar refractivity (Wildman–Crippen MR) is 258 cm³/mol. The lowest BCUT2D eigenvalue weighted by Gasteiger charge is -2.47. The van der Waals surface area contributed by atoms with Crippen molar-refractivity contribution < 1.29 is 0 Å². The normalized spacial score (nSPS) is 14.3. The van der Waals surface area contributed by atoms with Gasteiger partial charge in [0.25, 0.3) is 6.71 Å². The zero-order valence-electron chi connectivity index (χ0n) is 37.6. The molecule has 296 valence electrons. The van der Waals surface area contributed by atoms with Crippen LogP contribution in [0.2, 0.25) is 13.1 Å². The van der Waals surface area contributed by atoms with E-state index in [1.165, 1.54) is 83.1 Å². The predicted octanol–water partition coefficient (Wildman–Crippen LogP) is 11.8. The zero-order valence-corrected chi connectivity index (χ0v) is 38.6. The molecule has 0 amide bonds. The fourth-order valence-electron chi connectivity index (χ4n) is 9.24. The first kappa shape index (κ1) is 40.0. The van der Waals surface area contributed by atoms with Crippen molar-refractivity contribution in [2.45, 2.75) is 118 Å². The van der Waals surface area contributed by atoms with E-state index in [0.717, 1.165) is 0 Å². The molecule has 6 aromatic carbocycles. The van der Waals surface area contributed by atoms with E-state index >= 15 is 0 Å². The van der Waals surface area contributed by atoms with Gasteiger partial charge in [-0.1, -0.05) is 186 Å². The van der Waals surface area contributed by atoms with Gasteiger partial charge in [0.2, 0.25) is 0 Å². The van der Waals surface area contributed by atoms with Gasteiger partial charge in [-0.25, -0.2) is 0 Å². The third-order valence-corrected chi connectivity index (χ3v) is 16.5. The molecular formula is C54H63BN2Si. The van der Waals surface area contributed by atoms with Gasteiger partial charge in [0.05, 0.1) is 0 Å². The molecule has 2 nitrogen and oxygen atoms in total. The quantitative estimate of drug-likeness (QED) is 0.164. The molecule has 2 heterocycles. The van der Waals surface area contributed by atoms with E-state index in [1.807, 2.05) is 0 Å². The summed E-state index contributed by atoms with van der Waals surface area (Å²) in [5.41, 5.74) is 17.3. The minimum Gasteiger partial charge on any atom is -0.312 e. The Labute approximate surface area is 351 Å². The average molecular weight is 779 g/mol. The standard InChI is InChI=1S/C54H63BN2Si/c1-51(2,3)36-20-26-40(27-21-36)56-45-30-24-38(53(7,8)9)34-43(45)55-44-35-39(54(10,11)12)25-31-46(44)57(41-28-22-37(23-29-41)52(4,5)6)50-48(33-32-47(56)49(50)55)58(13,14)42-18-16-15-17-19-42/h15-35H,1-14H3. The topological polar surface area (TPSA) is 6.48 Å². The highest BCUT2D eigenvalue weighted by molar-refractivity contribution is 7.04. The smallest absolute Gasteiger partial charge is 0.252 e. The maximum absolute atomic E-state index is 2.65. The van der Waals surface area contributed by atoms with Crippen LogP contribution in [0.15, 0.2) is 127 Å². The Kier molecular flexibility index (Phi) is 9.40. The van der Waals surface area contributed by atoms with E-state index in [-0.39, 0.29) is 28.4 Å². The number of nitrogens with zero attached hydrogens (tertiary/aromatic N) is 2. The van der Waals surface area contributed by atoms with Gasteiger partial charge in [0.15, 0.2) is 0 Å². The molecule has 0 bridgehead atoms. The van der Waals surface area contributed by atoms with Crippen LogP contribution in [0.3, 0.4) is 0 Å². The first-order valence-electron chi connectivity index (χ1n) is 21.4. The van der Waals surface area contributed by atoms with E-state index in [1.54, 1.807) is 0 Å². The minimum atomic E-state index is -2.28. The van der Waals surface area contributed by atoms with Crippen molar-refractivity contribution >= 4 is 75.7 Å². The van der Waals surface area contributed by atoms with Gasteiger partial charge >= 0.3 is 0 Å². The first-order valence-corrected chi connectivity index (χ1v) is 24.4. The van der Waals surface area contributed by atoms with E-state index in [0.29, 0.717) is 0 Å². The lowest BCUT2D eigenvalue weighted by atomic mass is 9.33. The largest absolute Gasteiger partial charge is 0.312 e. The number of rotatable bonds is 4. The summed E-state index contributed by atoms with van der Waals surface area (Å²) in [6.07, 6.45) is 0.